The SMILES string of the molecule is C=CC(Oc1ccc(C(=O)O)cc1)[SiH](C)C.Cl. The van der Waals surface area contributed by atoms with Crippen LogP contribution in [0.1, 0.15) is 10.4 Å². The van der Waals surface area contributed by atoms with Crippen LogP contribution in [0.4, 0.5) is 0 Å². The Kier molecular flexibility index (Phi) is 6.61. The number of rotatable bonds is 5. The van der Waals surface area contributed by atoms with E-state index in [1.165, 1.54) is 0 Å². The summed E-state index contributed by atoms with van der Waals surface area (Å²) in [5, 5.41) is 8.74. The third-order valence-electron chi connectivity index (χ3n) is 2.26. The first-order chi connectivity index (χ1) is 7.54. The lowest BCUT2D eigenvalue weighted by atomic mass is 10.2. The number of ether oxygens (including phenoxy) is 1. The molecule has 94 valence electrons. The van der Waals surface area contributed by atoms with Crippen molar-refractivity contribution in [3.8, 4) is 5.75 Å². The lowest BCUT2D eigenvalue weighted by molar-refractivity contribution is 0.0697. The Hall–Kier alpha value is -1.26. The molecule has 0 saturated heterocycles. The van der Waals surface area contributed by atoms with E-state index in [2.05, 4.69) is 19.7 Å². The molecular weight excluding hydrogens is 256 g/mol. The van der Waals surface area contributed by atoms with E-state index in [1.54, 1.807) is 24.3 Å². The summed E-state index contributed by atoms with van der Waals surface area (Å²) in [4.78, 5) is 10.6. The van der Waals surface area contributed by atoms with Crippen LogP contribution < -0.4 is 4.74 Å². The van der Waals surface area contributed by atoms with E-state index in [-0.39, 0.29) is 23.7 Å². The van der Waals surface area contributed by atoms with Gasteiger partial charge in [-0.05, 0) is 24.3 Å². The number of carboxylic acid groups (broad SMARTS) is 1. The summed E-state index contributed by atoms with van der Waals surface area (Å²) in [5.41, 5.74) is 0.347. The molecule has 0 aliphatic rings. The number of hydrogen-bond acceptors (Lipinski definition) is 2. The molecule has 1 N–H and O–H groups in total. The number of benzene rings is 1. The van der Waals surface area contributed by atoms with Crippen molar-refractivity contribution in [1.82, 2.24) is 0 Å². The molecule has 0 aliphatic heterocycles. The van der Waals surface area contributed by atoms with Gasteiger partial charge in [0.15, 0.2) is 0 Å². The molecule has 17 heavy (non-hydrogen) atoms. The normalized spacial score (nSPS) is 11.5. The number of aromatic carboxylic acids is 1. The van der Waals surface area contributed by atoms with Crippen molar-refractivity contribution in [2.24, 2.45) is 0 Å². The van der Waals surface area contributed by atoms with Crippen LogP contribution in [0.2, 0.25) is 13.1 Å². The number of hydrogen-bond donors (Lipinski definition) is 1. The summed E-state index contributed by atoms with van der Waals surface area (Å²) in [6.45, 7) is 8.10. The average molecular weight is 273 g/mol. The largest absolute Gasteiger partial charge is 0.491 e. The second-order valence-electron chi connectivity index (χ2n) is 3.89. The van der Waals surface area contributed by atoms with Crippen LogP contribution in [0.3, 0.4) is 0 Å². The van der Waals surface area contributed by atoms with E-state index in [4.69, 9.17) is 9.84 Å². The van der Waals surface area contributed by atoms with Gasteiger partial charge in [-0.3, -0.25) is 0 Å². The highest BCUT2D eigenvalue weighted by Gasteiger charge is 2.12. The molecule has 0 fully saturated rings. The lowest BCUT2D eigenvalue weighted by Gasteiger charge is -2.18. The van der Waals surface area contributed by atoms with E-state index in [9.17, 15) is 4.79 Å². The maximum absolute atomic E-state index is 10.6. The molecule has 1 atom stereocenters. The third kappa shape index (κ3) is 4.62. The summed E-state index contributed by atoms with van der Waals surface area (Å²) < 4.78 is 5.71. The molecule has 1 aromatic carbocycles. The van der Waals surface area contributed by atoms with Crippen LogP contribution in [0.25, 0.3) is 0 Å². The third-order valence-corrected chi connectivity index (χ3v) is 3.99. The summed E-state index contributed by atoms with van der Waals surface area (Å²) in [6.07, 6.45) is 1.81. The van der Waals surface area contributed by atoms with Gasteiger partial charge in [0.05, 0.1) is 14.4 Å². The van der Waals surface area contributed by atoms with Crippen molar-refractivity contribution in [1.29, 1.82) is 0 Å². The van der Waals surface area contributed by atoms with Crippen LogP contribution in [0.5, 0.6) is 5.75 Å². The molecular formula is C12H17ClO3Si. The smallest absolute Gasteiger partial charge is 0.335 e. The van der Waals surface area contributed by atoms with Crippen molar-refractivity contribution in [3.05, 3.63) is 42.5 Å². The van der Waals surface area contributed by atoms with Crippen LogP contribution >= 0.6 is 12.4 Å². The molecule has 0 amide bonds. The molecule has 3 nitrogen and oxygen atoms in total. The van der Waals surface area contributed by atoms with Crippen molar-refractivity contribution >= 4 is 27.2 Å². The lowest BCUT2D eigenvalue weighted by Crippen LogP contribution is -2.28. The quantitative estimate of drug-likeness (QED) is 0.662. The van der Waals surface area contributed by atoms with Gasteiger partial charge in [0.2, 0.25) is 0 Å². The fourth-order valence-corrected chi connectivity index (χ4v) is 2.26. The van der Waals surface area contributed by atoms with E-state index >= 15 is 0 Å². The molecule has 5 heteroatoms. The van der Waals surface area contributed by atoms with Crippen LogP contribution in [-0.4, -0.2) is 25.6 Å². The van der Waals surface area contributed by atoms with Gasteiger partial charge in [-0.1, -0.05) is 25.7 Å². The summed E-state index contributed by atoms with van der Waals surface area (Å²) in [7, 11) is -0.944. The first-order valence-corrected chi connectivity index (χ1v) is 8.14. The summed E-state index contributed by atoms with van der Waals surface area (Å²) >= 11 is 0. The van der Waals surface area contributed by atoms with Crippen LogP contribution in [-0.2, 0) is 0 Å². The van der Waals surface area contributed by atoms with Gasteiger partial charge in [0, 0.05) is 0 Å². The minimum Gasteiger partial charge on any atom is -0.491 e. The average Bonchev–Trinajstić information content (AvgIpc) is 2.26. The Labute approximate surface area is 109 Å². The van der Waals surface area contributed by atoms with Gasteiger partial charge >= 0.3 is 5.97 Å². The maximum Gasteiger partial charge on any atom is 0.335 e. The summed E-state index contributed by atoms with van der Waals surface area (Å²) in [6, 6.07) is 6.44. The molecule has 0 spiro atoms. The number of carbonyl (C=O) groups is 1. The highest BCUT2D eigenvalue weighted by Crippen LogP contribution is 2.15. The molecule has 0 radical (unpaired) electrons. The first kappa shape index (κ1) is 15.7. The standard InChI is InChI=1S/C12H16O3Si.ClH/c1-4-11(16(2)3)15-10-7-5-9(6-8-10)12(13)14;/h4-8,11,16H,1H2,2-3H3,(H,13,14);1H. The molecule has 0 aliphatic carbocycles. The molecule has 1 rings (SSSR count). The fraction of sp³-hybridized carbons (Fsp3) is 0.250. The Morgan fingerprint density at radius 3 is 2.29 bits per heavy atom. The Morgan fingerprint density at radius 2 is 1.94 bits per heavy atom. The minimum absolute atomic E-state index is 0. The zero-order valence-electron chi connectivity index (χ0n) is 9.92. The second-order valence-corrected chi connectivity index (χ2v) is 7.04. The van der Waals surface area contributed by atoms with Crippen LogP contribution in [0.15, 0.2) is 36.9 Å². The van der Waals surface area contributed by atoms with E-state index in [1.807, 2.05) is 6.08 Å². The van der Waals surface area contributed by atoms with Crippen molar-refractivity contribution < 1.29 is 14.6 Å². The van der Waals surface area contributed by atoms with Gasteiger partial charge < -0.3 is 9.84 Å². The van der Waals surface area contributed by atoms with Crippen molar-refractivity contribution in [2.75, 3.05) is 0 Å². The predicted molar refractivity (Wildman–Crippen MR) is 74.1 cm³/mol. The Balaban J connectivity index is 0.00000256. The predicted octanol–water partition coefficient (Wildman–Crippen LogP) is 2.77. The topological polar surface area (TPSA) is 46.5 Å². The molecule has 0 saturated carbocycles. The second kappa shape index (κ2) is 7.14. The van der Waals surface area contributed by atoms with Gasteiger partial charge in [-0.2, -0.15) is 0 Å². The van der Waals surface area contributed by atoms with Gasteiger partial charge in [-0.15, -0.1) is 12.4 Å². The van der Waals surface area contributed by atoms with Gasteiger partial charge in [0.25, 0.3) is 0 Å². The first-order valence-electron chi connectivity index (χ1n) is 5.17. The number of halogens is 1. The maximum atomic E-state index is 10.6. The highest BCUT2D eigenvalue weighted by molar-refractivity contribution is 6.57. The highest BCUT2D eigenvalue weighted by atomic mass is 35.5. The van der Waals surface area contributed by atoms with Crippen molar-refractivity contribution in [2.45, 2.75) is 18.8 Å². The zero-order valence-corrected chi connectivity index (χ0v) is 11.9. The minimum atomic E-state index is -0.944. The monoisotopic (exact) mass is 272 g/mol. The molecule has 1 aromatic rings. The van der Waals surface area contributed by atoms with E-state index in [0.717, 1.165) is 0 Å². The molecule has 0 aromatic heterocycles. The summed E-state index contributed by atoms with van der Waals surface area (Å²) in [5.74, 6) is -0.235. The van der Waals surface area contributed by atoms with Crippen molar-refractivity contribution in [3.63, 3.8) is 0 Å². The Bertz CT molecular complexity index is 376. The zero-order chi connectivity index (χ0) is 12.1. The molecule has 0 heterocycles. The van der Waals surface area contributed by atoms with E-state index < -0.39 is 14.8 Å². The van der Waals surface area contributed by atoms with Gasteiger partial charge in [-0.25, -0.2) is 4.79 Å². The molecule has 0 bridgehead atoms. The van der Waals surface area contributed by atoms with E-state index in [0.29, 0.717) is 5.75 Å². The molecule has 1 unspecified atom stereocenters. The fourth-order valence-electron chi connectivity index (χ4n) is 1.29. The number of carboxylic acids is 1. The van der Waals surface area contributed by atoms with Gasteiger partial charge in [0.1, 0.15) is 11.5 Å². The Morgan fingerprint density at radius 1 is 1.41 bits per heavy atom. The van der Waals surface area contributed by atoms with Crippen LogP contribution in [0, 0.1) is 0 Å².